The number of morpholine rings is 1. The molecule has 2 aliphatic rings. The molecule has 1 aliphatic heterocycles. The van der Waals surface area contributed by atoms with Gasteiger partial charge < -0.3 is 19.1 Å². The Morgan fingerprint density at radius 2 is 2.17 bits per heavy atom. The number of methoxy groups -OCH3 is 1. The lowest BCUT2D eigenvalue weighted by Gasteiger charge is -2.44. The summed E-state index contributed by atoms with van der Waals surface area (Å²) < 4.78 is 17.0. The molecule has 1 spiro atoms. The van der Waals surface area contributed by atoms with Crippen LogP contribution in [0.1, 0.15) is 36.5 Å². The Kier molecular flexibility index (Phi) is 5.41. The topological polar surface area (TPSA) is 48.0 Å². The summed E-state index contributed by atoms with van der Waals surface area (Å²) in [7, 11) is 1.63. The molecule has 0 unspecified atom stereocenters. The third-order valence-electron chi connectivity index (χ3n) is 5.25. The third-order valence-corrected chi connectivity index (χ3v) is 5.25. The summed E-state index contributed by atoms with van der Waals surface area (Å²) in [4.78, 5) is 14.8. The molecule has 1 aromatic carbocycles. The molecule has 1 amide bonds. The summed E-state index contributed by atoms with van der Waals surface area (Å²) in [5.41, 5.74) is 0.474. The number of nitrogens with zero attached hydrogens (tertiary/aromatic N) is 1. The van der Waals surface area contributed by atoms with Gasteiger partial charge in [0.05, 0.1) is 32.5 Å². The molecule has 3 rings (SSSR count). The summed E-state index contributed by atoms with van der Waals surface area (Å²) in [5.74, 6) is 1.21. The largest absolute Gasteiger partial charge is 0.497 e. The Hall–Kier alpha value is -1.59. The fraction of sp³-hybridized carbons (Fsp3) is 0.632. The highest BCUT2D eigenvalue weighted by Gasteiger charge is 2.47. The van der Waals surface area contributed by atoms with Crippen LogP contribution in [-0.4, -0.2) is 56.4 Å². The van der Waals surface area contributed by atoms with E-state index >= 15 is 0 Å². The van der Waals surface area contributed by atoms with Crippen molar-refractivity contribution >= 4 is 5.91 Å². The van der Waals surface area contributed by atoms with Crippen molar-refractivity contribution < 1.29 is 19.0 Å². The molecule has 2 atom stereocenters. The van der Waals surface area contributed by atoms with Crippen LogP contribution in [0.5, 0.6) is 5.75 Å². The zero-order chi connectivity index (χ0) is 17.0. The second-order valence-corrected chi connectivity index (χ2v) is 6.62. The van der Waals surface area contributed by atoms with Crippen molar-refractivity contribution in [1.29, 1.82) is 0 Å². The number of carbonyl (C=O) groups is 1. The number of hydrogen-bond acceptors (Lipinski definition) is 4. The Labute approximate surface area is 143 Å². The zero-order valence-electron chi connectivity index (χ0n) is 14.6. The maximum Gasteiger partial charge on any atom is 0.254 e. The third kappa shape index (κ3) is 3.42. The lowest BCUT2D eigenvalue weighted by molar-refractivity contribution is -0.132. The van der Waals surface area contributed by atoms with Gasteiger partial charge in [-0.3, -0.25) is 4.79 Å². The molecular formula is C19H27NO4. The van der Waals surface area contributed by atoms with Gasteiger partial charge in [0.15, 0.2) is 0 Å². The van der Waals surface area contributed by atoms with Crippen LogP contribution in [0.3, 0.4) is 0 Å². The first kappa shape index (κ1) is 17.2. The van der Waals surface area contributed by atoms with Crippen molar-refractivity contribution in [3.63, 3.8) is 0 Å². The van der Waals surface area contributed by atoms with Crippen LogP contribution < -0.4 is 4.74 Å². The minimum atomic E-state index is -0.227. The van der Waals surface area contributed by atoms with Gasteiger partial charge in [0.1, 0.15) is 5.75 Å². The van der Waals surface area contributed by atoms with Crippen LogP contribution in [0.4, 0.5) is 0 Å². The first-order valence-electron chi connectivity index (χ1n) is 8.83. The van der Waals surface area contributed by atoms with Gasteiger partial charge in [0.2, 0.25) is 0 Å². The second kappa shape index (κ2) is 7.53. The highest BCUT2D eigenvalue weighted by molar-refractivity contribution is 5.94. The van der Waals surface area contributed by atoms with Gasteiger partial charge >= 0.3 is 0 Å². The maximum atomic E-state index is 12.9. The fourth-order valence-corrected chi connectivity index (χ4v) is 3.90. The molecule has 0 bridgehead atoms. The van der Waals surface area contributed by atoms with Gasteiger partial charge in [-0.2, -0.15) is 0 Å². The van der Waals surface area contributed by atoms with Crippen LogP contribution in [-0.2, 0) is 9.47 Å². The first-order chi connectivity index (χ1) is 11.7. The summed E-state index contributed by atoms with van der Waals surface area (Å²) >= 11 is 0. The first-order valence-corrected chi connectivity index (χ1v) is 8.83. The van der Waals surface area contributed by atoms with E-state index in [1.165, 1.54) is 0 Å². The predicted octanol–water partition coefficient (Wildman–Crippen LogP) is 2.74. The summed E-state index contributed by atoms with van der Waals surface area (Å²) in [6, 6.07) is 7.32. The molecule has 5 nitrogen and oxygen atoms in total. The van der Waals surface area contributed by atoms with Crippen LogP contribution in [0, 0.1) is 5.92 Å². The van der Waals surface area contributed by atoms with Crippen LogP contribution in [0.15, 0.2) is 24.3 Å². The van der Waals surface area contributed by atoms with E-state index in [9.17, 15) is 4.79 Å². The van der Waals surface area contributed by atoms with Gasteiger partial charge in [0, 0.05) is 24.6 Å². The molecule has 2 fully saturated rings. The molecule has 1 aromatic rings. The summed E-state index contributed by atoms with van der Waals surface area (Å²) in [5, 5.41) is 0. The lowest BCUT2D eigenvalue weighted by Crippen LogP contribution is -2.56. The molecule has 1 heterocycles. The molecule has 1 saturated heterocycles. The van der Waals surface area contributed by atoms with Gasteiger partial charge in [-0.15, -0.1) is 0 Å². The molecule has 1 saturated carbocycles. The maximum absolute atomic E-state index is 12.9. The molecule has 0 radical (unpaired) electrons. The van der Waals surface area contributed by atoms with Crippen molar-refractivity contribution in [2.24, 2.45) is 5.92 Å². The van der Waals surface area contributed by atoms with E-state index in [0.717, 1.165) is 38.2 Å². The normalized spacial score (nSPS) is 26.8. The SMILES string of the molecule is CCOC[C@H]1CCC[C@@]12CN(C(=O)c1ccc(OC)cc1)CCO2. The Morgan fingerprint density at radius 1 is 1.38 bits per heavy atom. The fourth-order valence-electron chi connectivity index (χ4n) is 3.90. The Balaban J connectivity index is 1.71. The van der Waals surface area contributed by atoms with Gasteiger partial charge in [0.25, 0.3) is 5.91 Å². The minimum Gasteiger partial charge on any atom is -0.497 e. The van der Waals surface area contributed by atoms with Crippen LogP contribution in [0.25, 0.3) is 0 Å². The van der Waals surface area contributed by atoms with E-state index in [1.807, 2.05) is 36.1 Å². The number of rotatable bonds is 5. The second-order valence-electron chi connectivity index (χ2n) is 6.62. The van der Waals surface area contributed by atoms with E-state index in [2.05, 4.69) is 0 Å². The predicted molar refractivity (Wildman–Crippen MR) is 91.4 cm³/mol. The molecule has 24 heavy (non-hydrogen) atoms. The van der Waals surface area contributed by atoms with Crippen LogP contribution >= 0.6 is 0 Å². The molecule has 132 valence electrons. The average Bonchev–Trinajstić information content (AvgIpc) is 3.01. The highest BCUT2D eigenvalue weighted by Crippen LogP contribution is 2.41. The monoisotopic (exact) mass is 333 g/mol. The number of amides is 1. The van der Waals surface area contributed by atoms with Gasteiger partial charge in [-0.25, -0.2) is 0 Å². The van der Waals surface area contributed by atoms with Gasteiger partial charge in [-0.1, -0.05) is 6.42 Å². The average molecular weight is 333 g/mol. The minimum absolute atomic E-state index is 0.0717. The standard InChI is InChI=1S/C19H27NO4/c1-3-23-13-16-5-4-10-19(16)14-20(11-12-24-19)18(21)15-6-8-17(22-2)9-7-15/h6-9,16H,3-5,10-14H2,1-2H3/t16-,19-/m1/s1. The number of hydrogen-bond donors (Lipinski definition) is 0. The quantitative estimate of drug-likeness (QED) is 0.831. The van der Waals surface area contributed by atoms with Crippen molar-refractivity contribution in [1.82, 2.24) is 4.90 Å². The molecule has 0 aromatic heterocycles. The van der Waals surface area contributed by atoms with Crippen LogP contribution in [0.2, 0.25) is 0 Å². The van der Waals surface area contributed by atoms with E-state index in [1.54, 1.807) is 7.11 Å². The van der Waals surface area contributed by atoms with E-state index in [4.69, 9.17) is 14.2 Å². The Bertz CT molecular complexity index is 559. The smallest absolute Gasteiger partial charge is 0.254 e. The molecule has 0 N–H and O–H groups in total. The summed E-state index contributed by atoms with van der Waals surface area (Å²) in [6.07, 6.45) is 3.27. The van der Waals surface area contributed by atoms with E-state index in [-0.39, 0.29) is 11.5 Å². The Morgan fingerprint density at radius 3 is 2.88 bits per heavy atom. The van der Waals surface area contributed by atoms with E-state index < -0.39 is 0 Å². The number of benzene rings is 1. The van der Waals surface area contributed by atoms with Crippen molar-refractivity contribution in [2.45, 2.75) is 31.8 Å². The molecule has 1 aliphatic carbocycles. The van der Waals surface area contributed by atoms with Gasteiger partial charge in [-0.05, 0) is 44.0 Å². The number of ether oxygens (including phenoxy) is 3. The van der Waals surface area contributed by atoms with Crippen molar-refractivity contribution in [2.75, 3.05) is 40.0 Å². The zero-order valence-corrected chi connectivity index (χ0v) is 14.6. The summed E-state index contributed by atoms with van der Waals surface area (Å²) in [6.45, 7) is 5.37. The lowest BCUT2D eigenvalue weighted by atomic mass is 9.89. The van der Waals surface area contributed by atoms with Crippen molar-refractivity contribution in [3.05, 3.63) is 29.8 Å². The highest BCUT2D eigenvalue weighted by atomic mass is 16.5. The van der Waals surface area contributed by atoms with Crippen molar-refractivity contribution in [3.8, 4) is 5.75 Å². The molecular weight excluding hydrogens is 306 g/mol. The number of carbonyl (C=O) groups excluding carboxylic acids is 1. The molecule has 5 heteroatoms. The van der Waals surface area contributed by atoms with E-state index in [0.29, 0.717) is 31.2 Å².